The summed E-state index contributed by atoms with van der Waals surface area (Å²) in [4.78, 5) is 1.54. The third-order valence-electron chi connectivity index (χ3n) is 4.36. The van der Waals surface area contributed by atoms with Gasteiger partial charge in [0.1, 0.15) is 6.54 Å². The van der Waals surface area contributed by atoms with Gasteiger partial charge in [-0.25, -0.2) is 0 Å². The van der Waals surface area contributed by atoms with Gasteiger partial charge in [0.25, 0.3) is 0 Å². The van der Waals surface area contributed by atoms with Crippen molar-refractivity contribution >= 4 is 17.3 Å². The zero-order chi connectivity index (χ0) is 15.6. The summed E-state index contributed by atoms with van der Waals surface area (Å²) in [5.41, 5.74) is 1.41. The largest absolute Gasteiger partial charge is 0.363 e. The van der Waals surface area contributed by atoms with E-state index >= 15 is 0 Å². The molecule has 0 amide bonds. The lowest BCUT2D eigenvalue weighted by molar-refractivity contribution is -0.893. The number of rotatable bonds is 7. The van der Waals surface area contributed by atoms with Crippen molar-refractivity contribution in [2.24, 2.45) is 0 Å². The Balaban J connectivity index is 1.53. The fraction of sp³-hybridized carbons (Fsp3) is 0.611. The predicted molar refractivity (Wildman–Crippen MR) is 97.1 cm³/mol. The zero-order valence-corrected chi connectivity index (χ0v) is 14.6. The van der Waals surface area contributed by atoms with Gasteiger partial charge in [0, 0.05) is 24.6 Å². The Morgan fingerprint density at radius 1 is 1.18 bits per heavy atom. The second-order valence-corrected chi connectivity index (χ2v) is 6.87. The van der Waals surface area contributed by atoms with Gasteiger partial charge in [0.2, 0.25) is 0 Å². The lowest BCUT2D eigenvalue weighted by Crippen LogP contribution is -3.07. The first kappa shape index (κ1) is 17.2. The fourth-order valence-corrected chi connectivity index (χ4v) is 3.38. The van der Waals surface area contributed by atoms with E-state index in [4.69, 9.17) is 12.2 Å². The van der Waals surface area contributed by atoms with Crippen LogP contribution >= 0.6 is 12.2 Å². The van der Waals surface area contributed by atoms with Crippen LogP contribution < -0.4 is 15.5 Å². The molecular weight excluding hydrogens is 290 g/mol. The van der Waals surface area contributed by atoms with Crippen molar-refractivity contribution in [1.29, 1.82) is 0 Å². The van der Waals surface area contributed by atoms with E-state index in [1.807, 2.05) is 0 Å². The van der Waals surface area contributed by atoms with Gasteiger partial charge in [-0.1, -0.05) is 49.6 Å². The van der Waals surface area contributed by atoms with Crippen molar-refractivity contribution in [2.45, 2.75) is 51.1 Å². The van der Waals surface area contributed by atoms with Crippen molar-refractivity contribution in [2.75, 3.05) is 20.1 Å². The maximum absolute atomic E-state index is 5.39. The highest BCUT2D eigenvalue weighted by Crippen LogP contribution is 2.17. The van der Waals surface area contributed by atoms with E-state index in [2.05, 4.69) is 48.0 Å². The molecule has 1 unspecified atom stereocenters. The standard InChI is InChI=1S/C18H29N3S/c1-21(15-16-9-4-2-5-10-16)14-8-13-19-18(22)20-17-11-6-3-7-12-17/h2,4-5,9-10,17H,3,6-8,11-15H2,1H3,(H2,19,20,22)/p+1. The summed E-state index contributed by atoms with van der Waals surface area (Å²) in [6.45, 7) is 3.21. The van der Waals surface area contributed by atoms with Crippen LogP contribution in [0.5, 0.6) is 0 Å². The van der Waals surface area contributed by atoms with Crippen molar-refractivity contribution < 1.29 is 4.90 Å². The van der Waals surface area contributed by atoms with Crippen LogP contribution in [-0.4, -0.2) is 31.3 Å². The maximum atomic E-state index is 5.39. The Bertz CT molecular complexity index is 429. The second kappa shape index (κ2) is 9.80. The molecule has 1 aromatic carbocycles. The van der Waals surface area contributed by atoms with E-state index in [9.17, 15) is 0 Å². The van der Waals surface area contributed by atoms with Crippen molar-refractivity contribution in [3.8, 4) is 0 Å². The molecule has 0 saturated heterocycles. The van der Waals surface area contributed by atoms with Gasteiger partial charge in [-0.15, -0.1) is 0 Å². The highest BCUT2D eigenvalue weighted by molar-refractivity contribution is 7.80. The van der Waals surface area contributed by atoms with Crippen LogP contribution in [0.3, 0.4) is 0 Å². The molecule has 0 heterocycles. The third kappa shape index (κ3) is 6.75. The molecular formula is C18H30N3S+. The summed E-state index contributed by atoms with van der Waals surface area (Å²) >= 11 is 5.39. The molecule has 0 spiro atoms. The summed E-state index contributed by atoms with van der Waals surface area (Å²) in [7, 11) is 2.26. The molecule has 1 aliphatic carbocycles. The van der Waals surface area contributed by atoms with E-state index in [-0.39, 0.29) is 0 Å². The lowest BCUT2D eigenvalue weighted by atomic mass is 9.96. The van der Waals surface area contributed by atoms with Crippen LogP contribution in [0.25, 0.3) is 0 Å². The zero-order valence-electron chi connectivity index (χ0n) is 13.7. The van der Waals surface area contributed by atoms with Gasteiger partial charge in [-0.05, 0) is 25.1 Å². The highest BCUT2D eigenvalue weighted by Gasteiger charge is 2.13. The average Bonchev–Trinajstić information content (AvgIpc) is 2.53. The number of quaternary nitrogens is 1. The minimum absolute atomic E-state index is 0.597. The van der Waals surface area contributed by atoms with Crippen LogP contribution in [0.4, 0.5) is 0 Å². The van der Waals surface area contributed by atoms with Gasteiger partial charge in [-0.3, -0.25) is 0 Å². The average molecular weight is 321 g/mol. The Labute approximate surface area is 140 Å². The molecule has 22 heavy (non-hydrogen) atoms. The summed E-state index contributed by atoms with van der Waals surface area (Å²) in [6, 6.07) is 11.3. The summed E-state index contributed by atoms with van der Waals surface area (Å²) in [6.07, 6.45) is 7.75. The molecule has 1 saturated carbocycles. The number of hydrogen-bond donors (Lipinski definition) is 3. The Morgan fingerprint density at radius 3 is 2.64 bits per heavy atom. The topological polar surface area (TPSA) is 28.5 Å². The van der Waals surface area contributed by atoms with Crippen molar-refractivity contribution in [3.63, 3.8) is 0 Å². The normalized spacial score (nSPS) is 17.0. The third-order valence-corrected chi connectivity index (χ3v) is 4.62. The predicted octanol–water partition coefficient (Wildman–Crippen LogP) is 1.89. The molecule has 0 radical (unpaired) electrons. The summed E-state index contributed by atoms with van der Waals surface area (Å²) in [5, 5.41) is 7.66. The van der Waals surface area contributed by atoms with Crippen LogP contribution in [0.2, 0.25) is 0 Å². The molecule has 3 N–H and O–H groups in total. The fourth-order valence-electron chi connectivity index (χ4n) is 3.11. The summed E-state index contributed by atoms with van der Waals surface area (Å²) in [5.74, 6) is 0. The first-order valence-electron chi connectivity index (χ1n) is 8.63. The molecule has 1 aliphatic rings. The molecule has 1 fully saturated rings. The molecule has 0 bridgehead atoms. The number of hydrogen-bond acceptors (Lipinski definition) is 1. The van der Waals surface area contributed by atoms with Gasteiger partial charge >= 0.3 is 0 Å². The van der Waals surface area contributed by atoms with Crippen LogP contribution in [-0.2, 0) is 6.54 Å². The number of thiocarbonyl (C=S) groups is 1. The molecule has 3 nitrogen and oxygen atoms in total. The SMILES string of the molecule is C[NH+](CCCNC(=S)NC1CCCCC1)Cc1ccccc1. The van der Waals surface area contributed by atoms with Crippen LogP contribution in [0, 0.1) is 0 Å². The van der Waals surface area contributed by atoms with Gasteiger partial charge in [0.15, 0.2) is 5.11 Å². The van der Waals surface area contributed by atoms with E-state index in [0.717, 1.165) is 31.2 Å². The van der Waals surface area contributed by atoms with E-state index in [0.29, 0.717) is 6.04 Å². The lowest BCUT2D eigenvalue weighted by Gasteiger charge is -2.24. The van der Waals surface area contributed by atoms with Crippen molar-refractivity contribution in [1.82, 2.24) is 10.6 Å². The Kier molecular flexibility index (Phi) is 7.67. The Morgan fingerprint density at radius 2 is 1.91 bits per heavy atom. The highest BCUT2D eigenvalue weighted by atomic mass is 32.1. The molecule has 0 aromatic heterocycles. The van der Waals surface area contributed by atoms with Crippen LogP contribution in [0.1, 0.15) is 44.1 Å². The monoisotopic (exact) mass is 320 g/mol. The molecule has 122 valence electrons. The first-order valence-corrected chi connectivity index (χ1v) is 9.04. The molecule has 2 rings (SSSR count). The number of benzene rings is 1. The molecule has 1 aromatic rings. The van der Waals surface area contributed by atoms with Gasteiger partial charge < -0.3 is 15.5 Å². The Hall–Kier alpha value is -1.13. The molecule has 4 heteroatoms. The van der Waals surface area contributed by atoms with E-state index in [1.165, 1.54) is 37.7 Å². The number of nitrogens with one attached hydrogen (secondary N) is 3. The minimum atomic E-state index is 0.597. The van der Waals surface area contributed by atoms with Gasteiger partial charge in [0.05, 0.1) is 13.6 Å². The summed E-state index contributed by atoms with van der Waals surface area (Å²) < 4.78 is 0. The quantitative estimate of drug-likeness (QED) is 0.529. The van der Waals surface area contributed by atoms with E-state index in [1.54, 1.807) is 4.90 Å². The van der Waals surface area contributed by atoms with Crippen molar-refractivity contribution in [3.05, 3.63) is 35.9 Å². The smallest absolute Gasteiger partial charge is 0.166 e. The minimum Gasteiger partial charge on any atom is -0.363 e. The van der Waals surface area contributed by atoms with Gasteiger partial charge in [-0.2, -0.15) is 0 Å². The molecule has 1 atom stereocenters. The second-order valence-electron chi connectivity index (χ2n) is 6.46. The maximum Gasteiger partial charge on any atom is 0.166 e. The molecule has 0 aliphatic heterocycles. The van der Waals surface area contributed by atoms with Crippen LogP contribution in [0.15, 0.2) is 30.3 Å². The first-order chi connectivity index (χ1) is 10.7. The van der Waals surface area contributed by atoms with E-state index < -0.39 is 0 Å².